The number of nitrogens with one attached hydrogen (secondary N) is 1. The van der Waals surface area contributed by atoms with E-state index in [1.807, 2.05) is 6.92 Å². The Morgan fingerprint density at radius 3 is 2.60 bits per heavy atom. The van der Waals surface area contributed by atoms with E-state index in [0.717, 1.165) is 50.9 Å². The number of fused-ring (bicyclic) bond motifs is 2. The van der Waals surface area contributed by atoms with Crippen molar-refractivity contribution in [2.45, 2.75) is 70.1 Å². The van der Waals surface area contributed by atoms with E-state index >= 15 is 0 Å². The van der Waals surface area contributed by atoms with Crippen LogP contribution < -0.4 is 5.32 Å². The molecule has 0 aromatic heterocycles. The first-order chi connectivity index (χ1) is 16.5. The smallest absolute Gasteiger partial charge is 0.352 e. The molecule has 1 N–H and O–H groups in total. The van der Waals surface area contributed by atoms with Crippen LogP contribution in [0.1, 0.15) is 61.8 Å². The van der Waals surface area contributed by atoms with E-state index in [9.17, 15) is 22.4 Å². The predicted molar refractivity (Wildman–Crippen MR) is 126 cm³/mol. The molecule has 1 saturated heterocycles. The summed E-state index contributed by atoms with van der Waals surface area (Å²) in [5.74, 6) is -0.602. The molecule has 35 heavy (non-hydrogen) atoms. The zero-order valence-electron chi connectivity index (χ0n) is 20.2. The van der Waals surface area contributed by atoms with Gasteiger partial charge in [-0.25, -0.2) is 4.39 Å². The van der Waals surface area contributed by atoms with Gasteiger partial charge in [0.2, 0.25) is 5.91 Å². The molecule has 3 nitrogen and oxygen atoms in total. The van der Waals surface area contributed by atoms with Gasteiger partial charge in [-0.3, -0.25) is 9.69 Å². The van der Waals surface area contributed by atoms with Crippen LogP contribution in [-0.4, -0.2) is 29.9 Å². The van der Waals surface area contributed by atoms with Gasteiger partial charge in [0.25, 0.3) is 0 Å². The van der Waals surface area contributed by atoms with E-state index in [4.69, 9.17) is 0 Å². The summed E-state index contributed by atoms with van der Waals surface area (Å²) in [6.07, 6.45) is 0.322. The molecule has 2 aromatic rings. The first kappa shape index (κ1) is 24.3. The molecule has 2 atom stereocenters. The van der Waals surface area contributed by atoms with Crippen molar-refractivity contribution < 1.29 is 22.4 Å². The lowest BCUT2D eigenvalue weighted by atomic mass is 9.63. The Labute approximate surface area is 203 Å². The topological polar surface area (TPSA) is 32.3 Å². The molecule has 3 aliphatic rings. The Kier molecular flexibility index (Phi) is 5.98. The van der Waals surface area contributed by atoms with Gasteiger partial charge in [-0.1, -0.05) is 38.1 Å². The van der Waals surface area contributed by atoms with Crippen LogP contribution >= 0.6 is 0 Å². The molecular weight excluding hydrogens is 456 g/mol. The van der Waals surface area contributed by atoms with E-state index in [1.54, 1.807) is 0 Å². The Hall–Kier alpha value is -2.41. The molecule has 188 valence electrons. The molecule has 0 unspecified atom stereocenters. The summed E-state index contributed by atoms with van der Waals surface area (Å²) in [7, 11) is 0. The molecule has 7 heteroatoms. The summed E-state index contributed by atoms with van der Waals surface area (Å²) in [5, 5.41) is 2.74. The highest BCUT2D eigenvalue weighted by Gasteiger charge is 2.52. The normalized spacial score (nSPS) is 30.7. The van der Waals surface area contributed by atoms with Gasteiger partial charge in [0, 0.05) is 30.0 Å². The number of alkyl halides is 3. The highest BCUT2D eigenvalue weighted by Crippen LogP contribution is 2.51. The fourth-order valence-corrected chi connectivity index (χ4v) is 6.76. The summed E-state index contributed by atoms with van der Waals surface area (Å²) < 4.78 is 52.5. The van der Waals surface area contributed by atoms with Gasteiger partial charge in [0.1, 0.15) is 5.82 Å². The number of benzene rings is 2. The summed E-state index contributed by atoms with van der Waals surface area (Å²) >= 11 is 0. The second kappa shape index (κ2) is 8.61. The molecule has 1 heterocycles. The third-order valence-corrected chi connectivity index (χ3v) is 8.87. The van der Waals surface area contributed by atoms with Crippen LogP contribution in [0.2, 0.25) is 0 Å². The summed E-state index contributed by atoms with van der Waals surface area (Å²) in [4.78, 5) is 15.4. The molecule has 2 aromatic carbocycles. The second-order valence-electron chi connectivity index (χ2n) is 11.1. The van der Waals surface area contributed by atoms with Crippen molar-refractivity contribution in [2.75, 3.05) is 13.1 Å². The highest BCUT2D eigenvalue weighted by atomic mass is 19.4. The maximum Gasteiger partial charge on any atom is 0.416 e. The van der Waals surface area contributed by atoms with Crippen LogP contribution in [0.25, 0.3) is 0 Å². The molecule has 1 spiro atoms. The van der Waals surface area contributed by atoms with Crippen molar-refractivity contribution in [3.63, 3.8) is 0 Å². The molecule has 2 aliphatic carbocycles. The lowest BCUT2D eigenvalue weighted by Gasteiger charge is -2.54. The third kappa shape index (κ3) is 4.37. The maximum atomic E-state index is 13.7. The van der Waals surface area contributed by atoms with Gasteiger partial charge in [-0.15, -0.1) is 0 Å². The number of hydrogen-bond acceptors (Lipinski definition) is 2. The van der Waals surface area contributed by atoms with E-state index in [2.05, 4.69) is 41.4 Å². The summed E-state index contributed by atoms with van der Waals surface area (Å²) in [6.45, 7) is 6.17. The molecule has 0 bridgehead atoms. The number of amides is 1. The van der Waals surface area contributed by atoms with Crippen LogP contribution in [0.3, 0.4) is 0 Å². The lowest BCUT2D eigenvalue weighted by Crippen LogP contribution is -2.59. The van der Waals surface area contributed by atoms with Crippen molar-refractivity contribution in [3.8, 4) is 0 Å². The SMILES string of the molecule is C[C@H]1CN(C2CC(C)(C(=O)NCc3cc(F)cc(C(F)(F)F)c3)C2)CC[C@@]12CCc1ccccc12. The monoisotopic (exact) mass is 488 g/mol. The van der Waals surface area contributed by atoms with Crippen molar-refractivity contribution in [3.05, 3.63) is 70.5 Å². The Morgan fingerprint density at radius 1 is 1.14 bits per heavy atom. The molecule has 1 aliphatic heterocycles. The average molecular weight is 489 g/mol. The molecule has 2 fully saturated rings. The van der Waals surface area contributed by atoms with Crippen LogP contribution in [0.5, 0.6) is 0 Å². The van der Waals surface area contributed by atoms with Gasteiger partial charge < -0.3 is 5.32 Å². The number of rotatable bonds is 4. The first-order valence-corrected chi connectivity index (χ1v) is 12.5. The lowest BCUT2D eigenvalue weighted by molar-refractivity contribution is -0.140. The fourth-order valence-electron chi connectivity index (χ4n) is 6.76. The number of nitrogens with zero attached hydrogens (tertiary/aromatic N) is 1. The van der Waals surface area contributed by atoms with Crippen molar-refractivity contribution >= 4 is 5.91 Å². The van der Waals surface area contributed by atoms with Crippen molar-refractivity contribution in [1.82, 2.24) is 10.2 Å². The number of aryl methyl sites for hydroxylation is 1. The number of halogens is 4. The van der Waals surface area contributed by atoms with Crippen molar-refractivity contribution in [1.29, 1.82) is 0 Å². The Morgan fingerprint density at radius 2 is 1.89 bits per heavy atom. The predicted octanol–water partition coefficient (Wildman–Crippen LogP) is 5.86. The Bertz CT molecular complexity index is 1120. The molecular formula is C28H32F4N2O. The van der Waals surface area contributed by atoms with Gasteiger partial charge in [-0.05, 0) is 79.5 Å². The van der Waals surface area contributed by atoms with E-state index in [-0.39, 0.29) is 23.4 Å². The minimum atomic E-state index is -4.63. The average Bonchev–Trinajstić information content (AvgIpc) is 3.16. The Balaban J connectivity index is 1.16. The summed E-state index contributed by atoms with van der Waals surface area (Å²) in [5.41, 5.74) is 1.79. The van der Waals surface area contributed by atoms with E-state index in [1.165, 1.54) is 17.5 Å². The standard InChI is InChI=1S/C28H32F4N2O/c1-18-17-34(10-9-27(18)8-7-20-5-3-4-6-24(20)27)23-14-26(2,15-23)25(35)33-16-19-11-21(28(30,31)32)13-22(29)12-19/h3-6,11-13,18,23H,7-10,14-17H2,1-2H3,(H,33,35)/t18-,23?,26?,27-/m0/s1. The van der Waals surface area contributed by atoms with E-state index in [0.29, 0.717) is 18.0 Å². The van der Waals surface area contributed by atoms with Crippen molar-refractivity contribution in [2.24, 2.45) is 11.3 Å². The number of carbonyl (C=O) groups is 1. The molecule has 1 amide bonds. The number of hydrogen-bond donors (Lipinski definition) is 1. The largest absolute Gasteiger partial charge is 0.416 e. The molecule has 1 saturated carbocycles. The zero-order valence-corrected chi connectivity index (χ0v) is 20.2. The van der Waals surface area contributed by atoms with Gasteiger partial charge in [0.15, 0.2) is 0 Å². The molecule has 0 radical (unpaired) electrons. The maximum absolute atomic E-state index is 13.7. The number of carbonyl (C=O) groups excluding carboxylic acids is 1. The molecule has 5 rings (SSSR count). The number of likely N-dealkylation sites (tertiary alicyclic amines) is 1. The zero-order chi connectivity index (χ0) is 25.0. The van der Waals surface area contributed by atoms with Crippen LogP contribution in [0.15, 0.2) is 42.5 Å². The quantitative estimate of drug-likeness (QED) is 0.547. The highest BCUT2D eigenvalue weighted by molar-refractivity contribution is 5.83. The minimum Gasteiger partial charge on any atom is -0.352 e. The van der Waals surface area contributed by atoms with Crippen LogP contribution in [0.4, 0.5) is 17.6 Å². The van der Waals surface area contributed by atoms with Gasteiger partial charge in [0.05, 0.1) is 5.56 Å². The van der Waals surface area contributed by atoms with Crippen LogP contribution in [-0.2, 0) is 29.4 Å². The third-order valence-electron chi connectivity index (χ3n) is 8.87. The van der Waals surface area contributed by atoms with Gasteiger partial charge >= 0.3 is 6.18 Å². The van der Waals surface area contributed by atoms with Gasteiger partial charge in [-0.2, -0.15) is 13.2 Å². The van der Waals surface area contributed by atoms with E-state index < -0.39 is 23.0 Å². The number of piperidine rings is 1. The van der Waals surface area contributed by atoms with Crippen LogP contribution in [0, 0.1) is 17.2 Å². The fraction of sp³-hybridized carbons (Fsp3) is 0.536. The first-order valence-electron chi connectivity index (χ1n) is 12.5. The second-order valence-corrected chi connectivity index (χ2v) is 11.1. The summed E-state index contributed by atoms with van der Waals surface area (Å²) in [6, 6.07) is 11.6. The minimum absolute atomic E-state index is 0.108.